The minimum Gasteiger partial charge on any atom is -0.383 e. The Balaban J connectivity index is 2.11. The standard InChI is InChI=1S/C16H18F4N2/c1-10-7-8-14(22(10)3)11(2)21-9-12-5-4-6-13(17)15(12)16(18,19)20/h4-6,14,21H,1-2,7-9H2,3H3. The van der Waals surface area contributed by atoms with Crippen LogP contribution >= 0.6 is 0 Å². The molecule has 2 nitrogen and oxygen atoms in total. The Labute approximate surface area is 127 Å². The molecule has 1 aromatic carbocycles. The number of hydrogen-bond donors (Lipinski definition) is 1. The first-order valence-corrected chi connectivity index (χ1v) is 6.89. The SMILES string of the molecule is C=C(NCc1cccc(F)c1C(F)(F)F)C1CCC(=C)N1C. The van der Waals surface area contributed by atoms with Gasteiger partial charge < -0.3 is 10.2 Å². The monoisotopic (exact) mass is 314 g/mol. The molecule has 1 aliphatic rings. The van der Waals surface area contributed by atoms with E-state index in [0.717, 1.165) is 24.6 Å². The Hall–Kier alpha value is -1.98. The molecular formula is C16H18F4N2. The molecule has 1 aliphatic heterocycles. The van der Waals surface area contributed by atoms with Gasteiger partial charge >= 0.3 is 6.18 Å². The summed E-state index contributed by atoms with van der Waals surface area (Å²) in [4.78, 5) is 1.95. The van der Waals surface area contributed by atoms with E-state index in [1.54, 1.807) is 0 Å². The molecule has 0 spiro atoms. The number of nitrogens with one attached hydrogen (secondary N) is 1. The fourth-order valence-corrected chi connectivity index (χ4v) is 2.66. The minimum absolute atomic E-state index is 0.00426. The molecule has 1 aromatic rings. The quantitative estimate of drug-likeness (QED) is 0.843. The molecule has 0 saturated carbocycles. The number of hydrogen-bond acceptors (Lipinski definition) is 2. The number of rotatable bonds is 4. The summed E-state index contributed by atoms with van der Waals surface area (Å²) in [6.45, 7) is 7.66. The molecule has 0 aromatic heterocycles. The minimum atomic E-state index is -4.72. The first kappa shape index (κ1) is 16.4. The number of likely N-dealkylation sites (tertiary alicyclic amines) is 1. The van der Waals surface area contributed by atoms with E-state index < -0.39 is 17.6 Å². The van der Waals surface area contributed by atoms with Crippen molar-refractivity contribution in [1.82, 2.24) is 10.2 Å². The Morgan fingerprint density at radius 3 is 2.64 bits per heavy atom. The first-order chi connectivity index (χ1) is 10.2. The van der Waals surface area contributed by atoms with Crippen molar-refractivity contribution in [2.75, 3.05) is 7.05 Å². The number of likely N-dealkylation sites (N-methyl/N-ethyl adjacent to an activating group) is 1. The van der Waals surface area contributed by atoms with Crippen LogP contribution in [-0.2, 0) is 12.7 Å². The number of benzene rings is 1. The third-order valence-electron chi connectivity index (χ3n) is 3.96. The molecule has 0 amide bonds. The zero-order valence-corrected chi connectivity index (χ0v) is 12.3. The second-order valence-electron chi connectivity index (χ2n) is 5.38. The number of halogens is 4. The third-order valence-corrected chi connectivity index (χ3v) is 3.96. The maximum Gasteiger partial charge on any atom is 0.419 e. The highest BCUT2D eigenvalue weighted by Gasteiger charge is 2.36. The van der Waals surface area contributed by atoms with Gasteiger partial charge in [-0.2, -0.15) is 13.2 Å². The van der Waals surface area contributed by atoms with E-state index in [9.17, 15) is 17.6 Å². The van der Waals surface area contributed by atoms with Gasteiger partial charge in [-0.1, -0.05) is 25.3 Å². The maximum absolute atomic E-state index is 13.5. The van der Waals surface area contributed by atoms with E-state index in [1.165, 1.54) is 12.1 Å². The summed E-state index contributed by atoms with van der Waals surface area (Å²) >= 11 is 0. The van der Waals surface area contributed by atoms with Crippen LogP contribution in [0.5, 0.6) is 0 Å². The van der Waals surface area contributed by atoms with Gasteiger partial charge in [0.25, 0.3) is 0 Å². The second-order valence-corrected chi connectivity index (χ2v) is 5.38. The van der Waals surface area contributed by atoms with E-state index in [4.69, 9.17) is 0 Å². The molecule has 0 aliphatic carbocycles. The van der Waals surface area contributed by atoms with Crippen molar-refractivity contribution in [3.8, 4) is 0 Å². The maximum atomic E-state index is 13.5. The Kier molecular flexibility index (Phi) is 4.49. The van der Waals surface area contributed by atoms with Crippen LogP contribution in [-0.4, -0.2) is 18.0 Å². The van der Waals surface area contributed by atoms with Crippen LogP contribution in [0.15, 0.2) is 42.8 Å². The van der Waals surface area contributed by atoms with Gasteiger partial charge in [0.05, 0.1) is 11.6 Å². The highest BCUT2D eigenvalue weighted by Crippen LogP contribution is 2.34. The van der Waals surface area contributed by atoms with Gasteiger partial charge in [0.1, 0.15) is 5.82 Å². The van der Waals surface area contributed by atoms with Crippen molar-refractivity contribution in [2.24, 2.45) is 0 Å². The van der Waals surface area contributed by atoms with Crippen molar-refractivity contribution in [2.45, 2.75) is 31.6 Å². The van der Waals surface area contributed by atoms with Crippen LogP contribution in [0.4, 0.5) is 17.6 Å². The Morgan fingerprint density at radius 1 is 1.41 bits per heavy atom. The molecule has 1 saturated heterocycles. The molecule has 0 bridgehead atoms. The van der Waals surface area contributed by atoms with Crippen molar-refractivity contribution >= 4 is 0 Å². The van der Waals surface area contributed by atoms with Crippen LogP contribution in [0.25, 0.3) is 0 Å². The largest absolute Gasteiger partial charge is 0.419 e. The molecular weight excluding hydrogens is 296 g/mol. The number of alkyl halides is 3. The first-order valence-electron chi connectivity index (χ1n) is 6.89. The lowest BCUT2D eigenvalue weighted by molar-refractivity contribution is -0.140. The van der Waals surface area contributed by atoms with E-state index >= 15 is 0 Å². The highest BCUT2D eigenvalue weighted by molar-refractivity contribution is 5.31. The molecule has 1 atom stereocenters. The lowest BCUT2D eigenvalue weighted by Crippen LogP contribution is -2.32. The van der Waals surface area contributed by atoms with Crippen molar-refractivity contribution in [3.05, 3.63) is 59.7 Å². The summed E-state index contributed by atoms with van der Waals surface area (Å²) in [6, 6.07) is 3.35. The lowest BCUT2D eigenvalue weighted by atomic mass is 10.1. The number of allylic oxidation sites excluding steroid dienone is 1. The molecule has 0 radical (unpaired) electrons. The van der Waals surface area contributed by atoms with Crippen LogP contribution < -0.4 is 5.32 Å². The summed E-state index contributed by atoms with van der Waals surface area (Å²) in [6.07, 6.45) is -3.08. The molecule has 6 heteroatoms. The zero-order chi connectivity index (χ0) is 16.5. The fourth-order valence-electron chi connectivity index (χ4n) is 2.66. The zero-order valence-electron chi connectivity index (χ0n) is 12.3. The molecule has 22 heavy (non-hydrogen) atoms. The average molecular weight is 314 g/mol. The summed E-state index contributed by atoms with van der Waals surface area (Å²) in [5.74, 6) is -1.26. The highest BCUT2D eigenvalue weighted by atomic mass is 19.4. The molecule has 2 rings (SSSR count). The van der Waals surface area contributed by atoms with Gasteiger partial charge in [-0.05, 0) is 24.5 Å². The van der Waals surface area contributed by atoms with Crippen LogP contribution in [0.1, 0.15) is 24.0 Å². The summed E-state index contributed by atoms with van der Waals surface area (Å²) in [5.41, 5.74) is 0.223. The van der Waals surface area contributed by atoms with Gasteiger partial charge in [-0.15, -0.1) is 0 Å². The summed E-state index contributed by atoms with van der Waals surface area (Å²) in [7, 11) is 1.87. The van der Waals surface area contributed by atoms with E-state index in [1.807, 2.05) is 11.9 Å². The Bertz CT molecular complexity index is 592. The predicted molar refractivity (Wildman–Crippen MR) is 77.3 cm³/mol. The third kappa shape index (κ3) is 3.26. The van der Waals surface area contributed by atoms with Crippen molar-refractivity contribution in [1.29, 1.82) is 0 Å². The Morgan fingerprint density at radius 2 is 2.09 bits per heavy atom. The topological polar surface area (TPSA) is 15.3 Å². The molecule has 1 N–H and O–H groups in total. The average Bonchev–Trinajstić information content (AvgIpc) is 2.75. The smallest absolute Gasteiger partial charge is 0.383 e. The van der Waals surface area contributed by atoms with Gasteiger partial charge in [-0.3, -0.25) is 0 Å². The molecule has 120 valence electrons. The van der Waals surface area contributed by atoms with Gasteiger partial charge in [0, 0.05) is 25.0 Å². The summed E-state index contributed by atoms with van der Waals surface area (Å²) < 4.78 is 52.3. The molecule has 1 fully saturated rings. The lowest BCUT2D eigenvalue weighted by Gasteiger charge is -2.25. The molecule has 1 unspecified atom stereocenters. The van der Waals surface area contributed by atoms with E-state index in [-0.39, 0.29) is 18.2 Å². The van der Waals surface area contributed by atoms with E-state index in [0.29, 0.717) is 5.70 Å². The predicted octanol–water partition coefficient (Wildman–Crippen LogP) is 4.06. The van der Waals surface area contributed by atoms with Crippen molar-refractivity contribution in [3.63, 3.8) is 0 Å². The van der Waals surface area contributed by atoms with E-state index in [2.05, 4.69) is 18.5 Å². The van der Waals surface area contributed by atoms with Crippen LogP contribution in [0, 0.1) is 5.82 Å². The van der Waals surface area contributed by atoms with Crippen LogP contribution in [0.2, 0.25) is 0 Å². The normalized spacial score (nSPS) is 18.7. The summed E-state index contributed by atoms with van der Waals surface area (Å²) in [5, 5.41) is 2.89. The van der Waals surface area contributed by atoms with Gasteiger partial charge in [0.15, 0.2) is 0 Å². The van der Waals surface area contributed by atoms with Crippen LogP contribution in [0.3, 0.4) is 0 Å². The second kappa shape index (κ2) is 6.02. The van der Waals surface area contributed by atoms with Gasteiger partial charge in [0.2, 0.25) is 0 Å². The molecule has 1 heterocycles. The van der Waals surface area contributed by atoms with Gasteiger partial charge in [-0.25, -0.2) is 4.39 Å². The van der Waals surface area contributed by atoms with Crippen molar-refractivity contribution < 1.29 is 17.6 Å². The fraction of sp³-hybridized carbons (Fsp3) is 0.375. The number of nitrogens with zero attached hydrogens (tertiary/aromatic N) is 1.